The fourth-order valence-corrected chi connectivity index (χ4v) is 6.66. The number of hydrogen-bond acceptors (Lipinski definition) is 10. The maximum absolute atomic E-state index is 14.0. The molecule has 0 radical (unpaired) electrons. The van der Waals surface area contributed by atoms with Crippen LogP contribution in [-0.4, -0.2) is 94.1 Å². The van der Waals surface area contributed by atoms with Gasteiger partial charge in [-0.2, -0.15) is 0 Å². The van der Waals surface area contributed by atoms with Crippen molar-refractivity contribution >= 4 is 40.4 Å². The molecule has 0 aliphatic heterocycles. The van der Waals surface area contributed by atoms with Crippen LogP contribution in [0.5, 0.6) is 5.75 Å². The van der Waals surface area contributed by atoms with Crippen molar-refractivity contribution in [1.82, 2.24) is 15.5 Å². The molecular weight excluding hydrogens is 675 g/mol. The number of aromatic hydroxyl groups is 1. The van der Waals surface area contributed by atoms with Crippen molar-refractivity contribution in [3.8, 4) is 5.75 Å². The van der Waals surface area contributed by atoms with Crippen LogP contribution in [0.15, 0.2) is 24.3 Å². The molecule has 13 nitrogen and oxygen atoms in total. The number of nitrogens with one attached hydrogen (secondary N) is 2. The Morgan fingerprint density at radius 2 is 1.39 bits per heavy atom. The molecule has 282 valence electrons. The maximum atomic E-state index is 14.0. The normalized spacial score (nSPS) is 13.4. The molecule has 0 heterocycles. The second-order valence-corrected chi connectivity index (χ2v) is 14.7. The van der Waals surface area contributed by atoms with Gasteiger partial charge in [-0.1, -0.05) is 24.1 Å². The van der Waals surface area contributed by atoms with Gasteiger partial charge in [-0.3, -0.25) is 33.5 Å². The summed E-state index contributed by atoms with van der Waals surface area (Å²) in [5.74, 6) is -2.70. The number of benzene rings is 2. The number of phenols is 1. The van der Waals surface area contributed by atoms with Crippen LogP contribution in [0.3, 0.4) is 0 Å². The molecule has 4 amide bonds. The number of esters is 1. The molecule has 14 heteroatoms. The summed E-state index contributed by atoms with van der Waals surface area (Å²) < 4.78 is 16.3. The van der Waals surface area contributed by atoms with Crippen molar-refractivity contribution in [1.29, 1.82) is 0 Å². The van der Waals surface area contributed by atoms with Gasteiger partial charge in [0.2, 0.25) is 23.6 Å². The Morgan fingerprint density at radius 1 is 0.824 bits per heavy atom. The van der Waals surface area contributed by atoms with Crippen molar-refractivity contribution < 1.29 is 38.0 Å². The molecule has 0 fully saturated rings. The number of amides is 4. The first-order chi connectivity index (χ1) is 23.9. The summed E-state index contributed by atoms with van der Waals surface area (Å²) in [4.78, 5) is 67.1. The highest BCUT2D eigenvalue weighted by molar-refractivity contribution is 7.84. The van der Waals surface area contributed by atoms with Crippen molar-refractivity contribution in [2.24, 2.45) is 11.5 Å². The van der Waals surface area contributed by atoms with Gasteiger partial charge < -0.3 is 31.5 Å². The van der Waals surface area contributed by atoms with Gasteiger partial charge in [0.15, 0.2) is 0 Å². The quantitative estimate of drug-likeness (QED) is 0.105. The molecule has 7 N–H and O–H groups in total. The minimum atomic E-state index is -1.19. The molecule has 2 aromatic rings. The smallest absolute Gasteiger partial charge is 0.305 e. The number of phenolic OH excluding ortho intramolecular Hbond substituents is 1. The van der Waals surface area contributed by atoms with Crippen LogP contribution in [0.2, 0.25) is 0 Å². The molecule has 0 bridgehead atoms. The molecule has 0 spiro atoms. The SMILES string of the molecule is COC(=O)CCCCCN(C(=O)CNC(=O)[C@H](N)Cc1c(C)cc(O)cc1C)[C@@H](Cc1c(C)cc(C)cc1C)C(=O)NC(=O)C(N)CCS(C)=O. The van der Waals surface area contributed by atoms with Gasteiger partial charge in [-0.05, 0) is 106 Å². The Bertz CT molecular complexity index is 1550. The number of methoxy groups -OCH3 is 1. The molecule has 2 rings (SSSR count). The van der Waals surface area contributed by atoms with Crippen molar-refractivity contribution in [2.45, 2.75) is 97.7 Å². The molecule has 0 saturated carbocycles. The van der Waals surface area contributed by atoms with Crippen molar-refractivity contribution in [2.75, 3.05) is 32.2 Å². The summed E-state index contributed by atoms with van der Waals surface area (Å²) in [6.45, 7) is 9.02. The van der Waals surface area contributed by atoms with E-state index in [1.54, 1.807) is 12.1 Å². The monoisotopic (exact) mass is 729 g/mol. The van der Waals surface area contributed by atoms with Gasteiger partial charge in [-0.15, -0.1) is 0 Å². The summed E-state index contributed by atoms with van der Waals surface area (Å²) in [6.07, 6.45) is 3.49. The lowest BCUT2D eigenvalue weighted by molar-refractivity contribution is -0.143. The second kappa shape index (κ2) is 20.6. The van der Waals surface area contributed by atoms with E-state index in [1.807, 2.05) is 46.8 Å². The number of nitrogens with two attached hydrogens (primary N) is 2. The highest BCUT2D eigenvalue weighted by Gasteiger charge is 2.33. The van der Waals surface area contributed by atoms with E-state index in [1.165, 1.54) is 18.3 Å². The number of aryl methyl sites for hydroxylation is 5. The van der Waals surface area contributed by atoms with Crippen LogP contribution < -0.4 is 22.1 Å². The van der Waals surface area contributed by atoms with Gasteiger partial charge in [0, 0.05) is 42.2 Å². The third-order valence-electron chi connectivity index (χ3n) is 8.90. The van der Waals surface area contributed by atoms with Crippen molar-refractivity contribution in [3.63, 3.8) is 0 Å². The van der Waals surface area contributed by atoms with Crippen LogP contribution in [0, 0.1) is 34.6 Å². The highest BCUT2D eigenvalue weighted by atomic mass is 32.2. The molecular formula is C37H55N5O8S. The van der Waals surface area contributed by atoms with Crippen LogP contribution in [-0.2, 0) is 52.4 Å². The largest absolute Gasteiger partial charge is 0.508 e. The Kier molecular flexibility index (Phi) is 17.4. The number of carbonyl (C=O) groups is 5. The Hall–Kier alpha value is -4.14. The third kappa shape index (κ3) is 13.8. The molecule has 2 unspecified atom stereocenters. The van der Waals surface area contributed by atoms with E-state index in [-0.39, 0.29) is 49.7 Å². The number of unbranched alkanes of at least 4 members (excludes halogenated alkanes) is 2. The minimum absolute atomic E-state index is 0.0754. The standard InChI is InChI=1S/C37H55N5O8S/c1-22-15-23(2)29(24(3)16-22)20-32(37(48)41-36(47)30(38)12-14-51(7)49)42(13-10-8-9-11-34(45)50-6)33(44)21-40-35(46)31(39)19-28-25(4)17-27(43)18-26(28)5/h15-18,30-32,43H,8-14,19-21,38-39H2,1-7H3,(H,40,46)(H,41,47,48)/t30?,31-,32+,51?/m1/s1. The van der Waals surface area contributed by atoms with E-state index in [0.29, 0.717) is 19.3 Å². The predicted molar refractivity (Wildman–Crippen MR) is 197 cm³/mol. The van der Waals surface area contributed by atoms with Gasteiger partial charge in [-0.25, -0.2) is 0 Å². The zero-order chi connectivity index (χ0) is 38.4. The van der Waals surface area contributed by atoms with E-state index in [2.05, 4.69) is 10.6 Å². The van der Waals surface area contributed by atoms with E-state index in [9.17, 15) is 33.3 Å². The summed E-state index contributed by atoms with van der Waals surface area (Å²) >= 11 is 0. The summed E-state index contributed by atoms with van der Waals surface area (Å²) in [5, 5.41) is 14.9. The number of ether oxygens (including phenoxy) is 1. The van der Waals surface area contributed by atoms with Crippen LogP contribution >= 0.6 is 0 Å². The van der Waals surface area contributed by atoms with Crippen LogP contribution in [0.1, 0.15) is 71.0 Å². The first kappa shape index (κ1) is 43.0. The summed E-state index contributed by atoms with van der Waals surface area (Å²) in [5.41, 5.74) is 18.3. The molecule has 51 heavy (non-hydrogen) atoms. The number of nitrogens with zero attached hydrogens (tertiary/aromatic N) is 1. The predicted octanol–water partition coefficient (Wildman–Crippen LogP) is 1.83. The van der Waals surface area contributed by atoms with E-state index in [0.717, 1.165) is 38.9 Å². The molecule has 4 atom stereocenters. The number of rotatable bonds is 19. The third-order valence-corrected chi connectivity index (χ3v) is 9.71. The van der Waals surface area contributed by atoms with E-state index < -0.39 is 59.1 Å². The number of carbonyl (C=O) groups excluding carboxylic acids is 5. The minimum Gasteiger partial charge on any atom is -0.508 e. The average Bonchev–Trinajstić information content (AvgIpc) is 3.05. The first-order valence-corrected chi connectivity index (χ1v) is 18.8. The van der Waals surface area contributed by atoms with Crippen LogP contribution in [0.4, 0.5) is 0 Å². The Balaban J connectivity index is 2.39. The molecule has 0 aliphatic carbocycles. The molecule has 0 aliphatic rings. The topological polar surface area (TPSA) is 211 Å². The molecule has 0 saturated heterocycles. The lowest BCUT2D eigenvalue weighted by Crippen LogP contribution is -2.56. The maximum Gasteiger partial charge on any atom is 0.305 e. The van der Waals surface area contributed by atoms with Gasteiger partial charge >= 0.3 is 5.97 Å². The Labute approximate surface area is 303 Å². The zero-order valence-corrected chi connectivity index (χ0v) is 31.7. The van der Waals surface area contributed by atoms with Gasteiger partial charge in [0.05, 0.1) is 25.7 Å². The first-order valence-electron chi connectivity index (χ1n) is 17.1. The average molecular weight is 730 g/mol. The summed E-state index contributed by atoms with van der Waals surface area (Å²) in [6, 6.07) is 3.87. The Morgan fingerprint density at radius 3 is 1.96 bits per heavy atom. The fraction of sp³-hybridized carbons (Fsp3) is 0.541. The van der Waals surface area contributed by atoms with Crippen molar-refractivity contribution in [3.05, 3.63) is 63.2 Å². The highest BCUT2D eigenvalue weighted by Crippen LogP contribution is 2.23. The lowest BCUT2D eigenvalue weighted by Gasteiger charge is -2.32. The summed E-state index contributed by atoms with van der Waals surface area (Å²) in [7, 11) is 0.122. The van der Waals surface area contributed by atoms with E-state index in [4.69, 9.17) is 16.2 Å². The molecule has 0 aromatic heterocycles. The zero-order valence-electron chi connectivity index (χ0n) is 30.9. The van der Waals surface area contributed by atoms with Gasteiger partial charge in [0.25, 0.3) is 0 Å². The number of hydrogen-bond donors (Lipinski definition) is 5. The second-order valence-electron chi connectivity index (χ2n) is 13.2. The number of imide groups is 1. The fourth-order valence-electron chi connectivity index (χ4n) is 6.08. The molecule has 2 aromatic carbocycles. The van der Waals surface area contributed by atoms with Gasteiger partial charge in [0.1, 0.15) is 11.8 Å². The lowest BCUT2D eigenvalue weighted by atomic mass is 9.93. The van der Waals surface area contributed by atoms with Crippen LogP contribution in [0.25, 0.3) is 0 Å². The van der Waals surface area contributed by atoms with E-state index >= 15 is 0 Å².